The maximum Gasteiger partial charge on any atom is 0.245 e. The Morgan fingerprint density at radius 3 is 2.84 bits per heavy atom. The van der Waals surface area contributed by atoms with Crippen LogP contribution >= 0.6 is 0 Å². The number of hydrogen-bond acceptors (Lipinski definition) is 5. The highest BCUT2D eigenvalue weighted by molar-refractivity contribution is 7.89. The largest absolute Gasteiger partial charge is 0.393 e. The van der Waals surface area contributed by atoms with Gasteiger partial charge in [0.1, 0.15) is 16.3 Å². The molecule has 0 amide bonds. The number of nitrogens with zero attached hydrogens (tertiary/aromatic N) is 3. The standard InChI is InChI=1S/C11H15N3O3S2/c1-8(15)6-7-14(2)19(16,17)10-5-3-4-9-11(10)13-18-12-9/h3-5,8,15H,6-7H2,1-2H3. The Bertz CT molecular complexity index is 649. The molecule has 2 rings (SSSR count). The summed E-state index contributed by atoms with van der Waals surface area (Å²) in [6.07, 6.45) is -0.143. The van der Waals surface area contributed by atoms with Gasteiger partial charge in [-0.15, -0.1) is 0 Å². The van der Waals surface area contributed by atoms with Crippen molar-refractivity contribution in [3.05, 3.63) is 18.2 Å². The molecule has 0 aromatic heterocycles. The first kappa shape index (κ1) is 14.3. The molecule has 0 saturated carbocycles. The Labute approximate surface area is 116 Å². The average molecular weight is 301 g/mol. The molecule has 1 aliphatic rings. The molecule has 1 aromatic carbocycles. The summed E-state index contributed by atoms with van der Waals surface area (Å²) in [7, 11) is -2.11. The first-order chi connectivity index (χ1) is 8.93. The summed E-state index contributed by atoms with van der Waals surface area (Å²) in [4.78, 5) is 0.159. The van der Waals surface area contributed by atoms with Gasteiger partial charge in [0.25, 0.3) is 0 Å². The quantitative estimate of drug-likeness (QED) is 0.914. The predicted molar refractivity (Wildman–Crippen MR) is 74.1 cm³/mol. The number of benzene rings is 1. The second kappa shape index (κ2) is 5.49. The number of aliphatic hydroxyl groups excluding tert-OH is 1. The lowest BCUT2D eigenvalue weighted by atomic mass is 10.3. The van der Waals surface area contributed by atoms with E-state index in [0.717, 1.165) is 11.4 Å². The van der Waals surface area contributed by atoms with Crippen molar-refractivity contribution in [3.63, 3.8) is 0 Å². The van der Waals surface area contributed by atoms with Gasteiger partial charge in [0.2, 0.25) is 10.0 Å². The zero-order valence-corrected chi connectivity index (χ0v) is 12.3. The van der Waals surface area contributed by atoms with Gasteiger partial charge in [0, 0.05) is 13.6 Å². The van der Waals surface area contributed by atoms with Crippen LogP contribution in [0.4, 0.5) is 11.4 Å². The molecule has 0 bridgehead atoms. The van der Waals surface area contributed by atoms with E-state index in [9.17, 15) is 13.5 Å². The van der Waals surface area contributed by atoms with E-state index >= 15 is 0 Å². The van der Waals surface area contributed by atoms with Gasteiger partial charge in [-0.2, -0.15) is 8.73 Å². The van der Waals surface area contributed by atoms with E-state index in [2.05, 4.69) is 8.73 Å². The van der Waals surface area contributed by atoms with Gasteiger partial charge in [-0.3, -0.25) is 0 Å². The van der Waals surface area contributed by atoms with Crippen molar-refractivity contribution in [2.75, 3.05) is 13.6 Å². The van der Waals surface area contributed by atoms with Crippen LogP contribution in [-0.4, -0.2) is 37.5 Å². The summed E-state index contributed by atoms with van der Waals surface area (Å²) in [5, 5.41) is 9.23. The Kier molecular flexibility index (Phi) is 4.14. The van der Waals surface area contributed by atoms with E-state index in [0.29, 0.717) is 17.8 Å². The molecule has 0 fully saturated rings. The predicted octanol–water partition coefficient (Wildman–Crippen LogP) is 1.80. The molecular formula is C11H15N3O3S2. The Morgan fingerprint density at radius 1 is 1.42 bits per heavy atom. The van der Waals surface area contributed by atoms with Crippen molar-refractivity contribution in [3.8, 4) is 0 Å². The summed E-state index contributed by atoms with van der Waals surface area (Å²) in [5.74, 6) is 0. The Hall–Kier alpha value is -1.09. The fourth-order valence-electron chi connectivity index (χ4n) is 1.65. The SMILES string of the molecule is CC(O)CCN(C)S(=O)(=O)c1cccc2c1N=S=N2. The number of sulfonamides is 1. The molecule has 0 aliphatic carbocycles. The lowest BCUT2D eigenvalue weighted by Gasteiger charge is -2.18. The van der Waals surface area contributed by atoms with Gasteiger partial charge >= 0.3 is 0 Å². The van der Waals surface area contributed by atoms with Gasteiger partial charge in [-0.25, -0.2) is 12.7 Å². The minimum absolute atomic E-state index is 0.159. The van der Waals surface area contributed by atoms with Crippen LogP contribution in [0.15, 0.2) is 31.8 Å². The van der Waals surface area contributed by atoms with Crippen molar-refractivity contribution < 1.29 is 13.5 Å². The highest BCUT2D eigenvalue weighted by atomic mass is 32.2. The van der Waals surface area contributed by atoms with Crippen LogP contribution in [0.2, 0.25) is 0 Å². The Balaban J connectivity index is 2.31. The van der Waals surface area contributed by atoms with Crippen LogP contribution in [0.25, 0.3) is 0 Å². The lowest BCUT2D eigenvalue weighted by Crippen LogP contribution is -2.29. The van der Waals surface area contributed by atoms with E-state index in [1.54, 1.807) is 19.1 Å². The fraction of sp³-hybridized carbons (Fsp3) is 0.455. The maximum atomic E-state index is 12.4. The first-order valence-corrected chi connectivity index (χ1v) is 7.95. The van der Waals surface area contributed by atoms with Crippen molar-refractivity contribution in [1.82, 2.24) is 4.31 Å². The molecular weight excluding hydrogens is 286 g/mol. The molecule has 0 spiro atoms. The molecule has 1 aromatic rings. The van der Waals surface area contributed by atoms with Gasteiger partial charge in [-0.05, 0) is 25.5 Å². The molecule has 1 atom stereocenters. The molecule has 1 N–H and O–H groups in total. The zero-order valence-electron chi connectivity index (χ0n) is 10.6. The van der Waals surface area contributed by atoms with E-state index in [1.165, 1.54) is 17.4 Å². The number of fused-ring (bicyclic) bond motifs is 1. The van der Waals surface area contributed by atoms with Gasteiger partial charge in [0.05, 0.1) is 17.5 Å². The highest BCUT2D eigenvalue weighted by Gasteiger charge is 2.26. The van der Waals surface area contributed by atoms with E-state index in [4.69, 9.17) is 0 Å². The van der Waals surface area contributed by atoms with Crippen molar-refractivity contribution in [2.24, 2.45) is 8.73 Å². The van der Waals surface area contributed by atoms with Crippen molar-refractivity contribution >= 4 is 32.8 Å². The van der Waals surface area contributed by atoms with Crippen LogP contribution in [0.5, 0.6) is 0 Å². The number of aliphatic hydroxyl groups is 1. The third-order valence-electron chi connectivity index (χ3n) is 2.80. The van der Waals surface area contributed by atoms with Crippen molar-refractivity contribution in [2.45, 2.75) is 24.3 Å². The van der Waals surface area contributed by atoms with Gasteiger partial charge < -0.3 is 5.11 Å². The summed E-state index contributed by atoms with van der Waals surface area (Å²) in [6.45, 7) is 1.89. The monoisotopic (exact) mass is 301 g/mol. The second-order valence-electron chi connectivity index (χ2n) is 4.35. The molecule has 19 heavy (non-hydrogen) atoms. The smallest absolute Gasteiger partial charge is 0.245 e. The van der Waals surface area contributed by atoms with Gasteiger partial charge in [-0.1, -0.05) is 6.07 Å². The molecule has 1 heterocycles. The van der Waals surface area contributed by atoms with Crippen LogP contribution in [-0.2, 0) is 21.4 Å². The van der Waals surface area contributed by atoms with E-state index in [1.807, 2.05) is 0 Å². The third kappa shape index (κ3) is 2.92. The second-order valence-corrected chi connectivity index (χ2v) is 6.89. The number of hydrogen-bond donors (Lipinski definition) is 1. The topological polar surface area (TPSA) is 82.3 Å². The molecule has 0 radical (unpaired) electrons. The first-order valence-electron chi connectivity index (χ1n) is 5.78. The van der Waals surface area contributed by atoms with Gasteiger partial charge in [0.15, 0.2) is 0 Å². The average Bonchev–Trinajstić information content (AvgIpc) is 2.83. The minimum Gasteiger partial charge on any atom is -0.393 e. The van der Waals surface area contributed by atoms with E-state index in [-0.39, 0.29) is 11.4 Å². The molecule has 6 nitrogen and oxygen atoms in total. The normalized spacial score (nSPS) is 15.4. The maximum absolute atomic E-state index is 12.4. The van der Waals surface area contributed by atoms with Crippen LogP contribution < -0.4 is 0 Å². The molecule has 1 unspecified atom stereocenters. The Morgan fingerprint density at radius 2 is 2.16 bits per heavy atom. The lowest BCUT2D eigenvalue weighted by molar-refractivity contribution is 0.177. The summed E-state index contributed by atoms with van der Waals surface area (Å²) in [6, 6.07) is 4.91. The zero-order chi connectivity index (χ0) is 14.0. The molecule has 1 aliphatic heterocycles. The fourth-order valence-corrected chi connectivity index (χ4v) is 3.58. The van der Waals surface area contributed by atoms with Crippen molar-refractivity contribution in [1.29, 1.82) is 0 Å². The summed E-state index contributed by atoms with van der Waals surface area (Å²) in [5.41, 5.74) is 0.978. The van der Waals surface area contributed by atoms with Crippen LogP contribution in [0.1, 0.15) is 13.3 Å². The minimum atomic E-state index is -3.60. The molecule has 0 saturated heterocycles. The highest BCUT2D eigenvalue weighted by Crippen LogP contribution is 2.38. The third-order valence-corrected chi connectivity index (χ3v) is 5.23. The number of rotatable bonds is 5. The molecule has 8 heteroatoms. The van der Waals surface area contributed by atoms with Crippen LogP contribution in [0.3, 0.4) is 0 Å². The summed E-state index contributed by atoms with van der Waals surface area (Å²) < 4.78 is 34.2. The summed E-state index contributed by atoms with van der Waals surface area (Å²) >= 11 is 0.990. The van der Waals surface area contributed by atoms with Crippen LogP contribution in [0, 0.1) is 0 Å². The molecule has 104 valence electrons. The van der Waals surface area contributed by atoms with E-state index < -0.39 is 16.1 Å².